The standard InChI is InChI=1S/C22H17ClF4N10O2/c1-34-20(21(25)30-32-34)13-8-29-35(9-13)15(6-7-39-22(26)27)16-4-2-12(10-37(16)38)18-17(36-11-28-31-33-36)5-3-14(23)19(18)24/h2-5,8-11,15,22H,6-7H2,1H3/t15-/m0/s1. The number of benzene rings is 1. The Bertz CT molecular complexity index is 1590. The van der Waals surface area contributed by atoms with Crippen molar-refractivity contribution in [1.82, 2.24) is 45.0 Å². The summed E-state index contributed by atoms with van der Waals surface area (Å²) in [6, 6.07) is 4.75. The van der Waals surface area contributed by atoms with Gasteiger partial charge in [0.15, 0.2) is 12.0 Å². The van der Waals surface area contributed by atoms with Gasteiger partial charge in [-0.2, -0.15) is 27.7 Å². The number of tetrazole rings is 1. The summed E-state index contributed by atoms with van der Waals surface area (Å²) >= 11 is 6.00. The molecule has 0 spiro atoms. The van der Waals surface area contributed by atoms with E-state index in [1.165, 1.54) is 64.1 Å². The Morgan fingerprint density at radius 1 is 1.13 bits per heavy atom. The zero-order chi connectivity index (χ0) is 27.7. The molecule has 4 heterocycles. The van der Waals surface area contributed by atoms with Crippen LogP contribution in [0.15, 0.2) is 49.2 Å². The molecule has 12 nitrogen and oxygen atoms in total. The van der Waals surface area contributed by atoms with Gasteiger partial charge in [-0.3, -0.25) is 4.68 Å². The third kappa shape index (κ3) is 5.15. The van der Waals surface area contributed by atoms with E-state index in [1.54, 1.807) is 0 Å². The molecule has 0 fully saturated rings. The van der Waals surface area contributed by atoms with E-state index in [4.69, 9.17) is 11.6 Å². The van der Waals surface area contributed by atoms with Gasteiger partial charge in [-0.25, -0.2) is 9.07 Å². The molecule has 0 amide bonds. The highest BCUT2D eigenvalue weighted by molar-refractivity contribution is 6.31. The average molecular weight is 565 g/mol. The highest BCUT2D eigenvalue weighted by atomic mass is 35.5. The van der Waals surface area contributed by atoms with E-state index in [1.807, 2.05) is 0 Å². The molecule has 202 valence electrons. The van der Waals surface area contributed by atoms with Crippen LogP contribution in [0.3, 0.4) is 0 Å². The monoisotopic (exact) mass is 564 g/mol. The number of halogens is 5. The van der Waals surface area contributed by atoms with Crippen LogP contribution in [0.4, 0.5) is 17.6 Å². The second-order valence-corrected chi connectivity index (χ2v) is 8.58. The van der Waals surface area contributed by atoms with E-state index in [0.29, 0.717) is 10.3 Å². The molecule has 5 aromatic rings. The minimum atomic E-state index is -3.02. The summed E-state index contributed by atoms with van der Waals surface area (Å²) in [4.78, 5) is 0. The largest absolute Gasteiger partial charge is 0.618 e. The van der Waals surface area contributed by atoms with E-state index in [2.05, 4.69) is 35.7 Å². The van der Waals surface area contributed by atoms with Crippen LogP contribution in [0.2, 0.25) is 5.02 Å². The molecule has 0 saturated heterocycles. The van der Waals surface area contributed by atoms with Crippen LogP contribution < -0.4 is 4.73 Å². The van der Waals surface area contributed by atoms with Crippen molar-refractivity contribution in [2.75, 3.05) is 6.61 Å². The molecule has 0 aliphatic carbocycles. The van der Waals surface area contributed by atoms with E-state index in [-0.39, 0.29) is 39.6 Å². The third-order valence-electron chi connectivity index (χ3n) is 5.86. The number of rotatable bonds is 9. The highest BCUT2D eigenvalue weighted by Crippen LogP contribution is 2.33. The Labute approximate surface area is 221 Å². The summed E-state index contributed by atoms with van der Waals surface area (Å²) in [6.45, 7) is -3.45. The summed E-state index contributed by atoms with van der Waals surface area (Å²) in [7, 11) is 1.49. The van der Waals surface area contributed by atoms with Crippen LogP contribution in [-0.4, -0.2) is 58.2 Å². The number of alkyl halides is 2. The van der Waals surface area contributed by atoms with Crippen molar-refractivity contribution in [3.05, 3.63) is 76.9 Å². The molecule has 0 aliphatic heterocycles. The topological polar surface area (TPSA) is 128 Å². The quantitative estimate of drug-likeness (QED) is 0.152. The molecule has 17 heteroatoms. The number of pyridine rings is 1. The Balaban J connectivity index is 1.55. The van der Waals surface area contributed by atoms with E-state index >= 15 is 4.39 Å². The zero-order valence-electron chi connectivity index (χ0n) is 19.9. The number of aromatic nitrogens is 10. The van der Waals surface area contributed by atoms with Crippen LogP contribution >= 0.6 is 11.6 Å². The van der Waals surface area contributed by atoms with Crippen molar-refractivity contribution < 1.29 is 27.0 Å². The summed E-state index contributed by atoms with van der Waals surface area (Å²) in [5.74, 6) is -1.64. The van der Waals surface area contributed by atoms with Gasteiger partial charge in [-0.1, -0.05) is 21.9 Å². The van der Waals surface area contributed by atoms with Gasteiger partial charge in [0, 0.05) is 31.3 Å². The van der Waals surface area contributed by atoms with E-state index in [9.17, 15) is 18.4 Å². The molecule has 1 aromatic carbocycles. The van der Waals surface area contributed by atoms with Crippen LogP contribution in [0.1, 0.15) is 18.2 Å². The van der Waals surface area contributed by atoms with Gasteiger partial charge < -0.3 is 9.94 Å². The van der Waals surface area contributed by atoms with Crippen molar-refractivity contribution >= 4 is 11.6 Å². The number of hydrogen-bond acceptors (Lipinski definition) is 8. The predicted molar refractivity (Wildman–Crippen MR) is 125 cm³/mol. The Morgan fingerprint density at radius 3 is 2.62 bits per heavy atom. The van der Waals surface area contributed by atoms with Crippen LogP contribution in [-0.2, 0) is 11.8 Å². The number of ether oxygens (including phenoxy) is 1. The molecule has 39 heavy (non-hydrogen) atoms. The molecule has 0 radical (unpaired) electrons. The van der Waals surface area contributed by atoms with Crippen molar-refractivity contribution in [3.63, 3.8) is 0 Å². The predicted octanol–water partition coefficient (Wildman–Crippen LogP) is 3.11. The number of hydrogen-bond donors (Lipinski definition) is 0. The van der Waals surface area contributed by atoms with Crippen molar-refractivity contribution in [1.29, 1.82) is 0 Å². The molecule has 0 saturated carbocycles. The molecule has 5 rings (SSSR count). The van der Waals surface area contributed by atoms with Crippen molar-refractivity contribution in [2.24, 2.45) is 7.05 Å². The molecule has 1 atom stereocenters. The van der Waals surface area contributed by atoms with Gasteiger partial charge in [0.1, 0.15) is 18.1 Å². The lowest BCUT2D eigenvalue weighted by molar-refractivity contribution is -0.615. The highest BCUT2D eigenvalue weighted by Gasteiger charge is 2.27. The number of nitrogens with zero attached hydrogens (tertiary/aromatic N) is 10. The smallest absolute Gasteiger partial charge is 0.345 e. The molecule has 0 N–H and O–H groups in total. The maximum Gasteiger partial charge on any atom is 0.345 e. The molecule has 0 aliphatic rings. The lowest BCUT2D eigenvalue weighted by atomic mass is 10.0. The van der Waals surface area contributed by atoms with Crippen LogP contribution in [0.25, 0.3) is 28.1 Å². The second-order valence-electron chi connectivity index (χ2n) is 8.18. The lowest BCUT2D eigenvalue weighted by Gasteiger charge is -2.18. The normalized spacial score (nSPS) is 12.4. The Morgan fingerprint density at radius 2 is 1.95 bits per heavy atom. The van der Waals surface area contributed by atoms with Gasteiger partial charge in [-0.15, -0.1) is 5.10 Å². The minimum Gasteiger partial charge on any atom is -0.618 e. The summed E-state index contributed by atoms with van der Waals surface area (Å²) in [5, 5.41) is 35.1. The van der Waals surface area contributed by atoms with Gasteiger partial charge in [0.2, 0.25) is 5.69 Å². The third-order valence-corrected chi connectivity index (χ3v) is 6.15. The van der Waals surface area contributed by atoms with Crippen LogP contribution in [0, 0.1) is 17.0 Å². The van der Waals surface area contributed by atoms with E-state index in [0.717, 1.165) is 6.20 Å². The fourth-order valence-electron chi connectivity index (χ4n) is 4.13. The molecular formula is C22H17ClF4N10O2. The van der Waals surface area contributed by atoms with Gasteiger partial charge in [0.25, 0.3) is 5.95 Å². The summed E-state index contributed by atoms with van der Waals surface area (Å²) in [5.41, 5.74) is 0.734. The van der Waals surface area contributed by atoms with Gasteiger partial charge >= 0.3 is 6.61 Å². The van der Waals surface area contributed by atoms with Crippen molar-refractivity contribution in [3.8, 4) is 28.1 Å². The molecule has 4 aromatic heterocycles. The van der Waals surface area contributed by atoms with E-state index < -0.39 is 31.0 Å². The lowest BCUT2D eigenvalue weighted by Crippen LogP contribution is -2.36. The first kappa shape index (κ1) is 26.2. The fourth-order valence-corrected chi connectivity index (χ4v) is 4.29. The summed E-state index contributed by atoms with van der Waals surface area (Å²) < 4.78 is 63.3. The maximum atomic E-state index is 15.2. The van der Waals surface area contributed by atoms with Gasteiger partial charge in [0.05, 0.1) is 34.6 Å². The van der Waals surface area contributed by atoms with Crippen molar-refractivity contribution in [2.45, 2.75) is 19.1 Å². The Kier molecular flexibility index (Phi) is 7.21. The SMILES string of the molecule is Cn1nnc(F)c1-c1cnn([C@@H](CCOC(F)F)c2ccc(-c3c(-n4cnnn4)ccc(Cl)c3F)c[n+]2[O-])c1. The first-order chi connectivity index (χ1) is 18.7. The summed E-state index contributed by atoms with van der Waals surface area (Å²) in [6.07, 6.45) is 5.01. The molecule has 0 bridgehead atoms. The minimum absolute atomic E-state index is 0.0379. The van der Waals surface area contributed by atoms with Crippen LogP contribution in [0.5, 0.6) is 0 Å². The fraction of sp³-hybridized carbons (Fsp3) is 0.227. The molecular weight excluding hydrogens is 548 g/mol. The zero-order valence-corrected chi connectivity index (χ0v) is 20.6. The second kappa shape index (κ2) is 10.7. The van der Waals surface area contributed by atoms with Gasteiger partial charge in [-0.05, 0) is 28.6 Å². The maximum absolute atomic E-state index is 15.2. The number of aryl methyl sites for hydroxylation is 1. The molecule has 0 unspecified atom stereocenters. The first-order valence-electron chi connectivity index (χ1n) is 11.2. The average Bonchev–Trinajstić information content (AvgIpc) is 3.66. The first-order valence-corrected chi connectivity index (χ1v) is 11.6. The Hall–Kier alpha value is -4.44.